The van der Waals surface area contributed by atoms with Gasteiger partial charge in [0.25, 0.3) is 0 Å². The van der Waals surface area contributed by atoms with Crippen molar-refractivity contribution in [2.45, 2.75) is 26.7 Å². The summed E-state index contributed by atoms with van der Waals surface area (Å²) in [5, 5.41) is 0. The van der Waals surface area contributed by atoms with Gasteiger partial charge in [0.15, 0.2) is 0 Å². The van der Waals surface area contributed by atoms with Crippen LogP contribution in [-0.2, 0) is 12.8 Å². The van der Waals surface area contributed by atoms with Gasteiger partial charge in [0.1, 0.15) is 12.4 Å². The molecule has 2 rings (SSSR count). The van der Waals surface area contributed by atoms with E-state index in [1.54, 1.807) is 0 Å². The lowest BCUT2D eigenvalue weighted by Crippen LogP contribution is -2.28. The summed E-state index contributed by atoms with van der Waals surface area (Å²) < 4.78 is 6.02. The Morgan fingerprint density at radius 1 is 0.818 bits per heavy atom. The Bertz CT molecular complexity index is 534. The molecular formula is C20H27NO. The molecule has 0 spiro atoms. The van der Waals surface area contributed by atoms with Gasteiger partial charge in [0, 0.05) is 6.54 Å². The Hall–Kier alpha value is -1.80. The molecule has 0 fully saturated rings. The van der Waals surface area contributed by atoms with Crippen LogP contribution in [0.25, 0.3) is 0 Å². The van der Waals surface area contributed by atoms with Crippen LogP contribution in [-0.4, -0.2) is 31.1 Å². The highest BCUT2D eigenvalue weighted by Gasteiger charge is 2.05. The summed E-state index contributed by atoms with van der Waals surface area (Å²) in [6, 6.07) is 19.0. The minimum atomic E-state index is 0.754. The molecule has 22 heavy (non-hydrogen) atoms. The van der Waals surface area contributed by atoms with Gasteiger partial charge in [-0.2, -0.15) is 0 Å². The third-order valence-electron chi connectivity index (χ3n) is 4.06. The average molecular weight is 297 g/mol. The van der Waals surface area contributed by atoms with E-state index in [1.165, 1.54) is 11.1 Å². The monoisotopic (exact) mass is 297 g/mol. The zero-order chi connectivity index (χ0) is 15.6. The second-order valence-corrected chi connectivity index (χ2v) is 5.47. The summed E-state index contributed by atoms with van der Waals surface area (Å²) in [4.78, 5) is 2.38. The van der Waals surface area contributed by atoms with Crippen molar-refractivity contribution in [2.75, 3.05) is 26.2 Å². The summed E-state index contributed by atoms with van der Waals surface area (Å²) in [6.07, 6.45) is 2.07. The molecule has 0 aliphatic rings. The first-order valence-corrected chi connectivity index (χ1v) is 8.30. The number of benzene rings is 2. The lowest BCUT2D eigenvalue weighted by Gasteiger charge is -2.19. The smallest absolute Gasteiger partial charge is 0.122 e. The van der Waals surface area contributed by atoms with Crippen LogP contribution in [0.4, 0.5) is 0 Å². The molecule has 0 amide bonds. The highest BCUT2D eigenvalue weighted by molar-refractivity contribution is 5.34. The molecule has 0 aliphatic heterocycles. The normalized spacial score (nSPS) is 10.9. The van der Waals surface area contributed by atoms with Crippen molar-refractivity contribution in [3.63, 3.8) is 0 Å². The number of nitrogens with zero attached hydrogens (tertiary/aromatic N) is 1. The van der Waals surface area contributed by atoms with Gasteiger partial charge in [-0.25, -0.2) is 0 Å². The number of aryl methyl sites for hydroxylation is 2. The average Bonchev–Trinajstić information content (AvgIpc) is 2.59. The third kappa shape index (κ3) is 5.19. The van der Waals surface area contributed by atoms with Gasteiger partial charge in [-0.1, -0.05) is 62.4 Å². The van der Waals surface area contributed by atoms with Crippen molar-refractivity contribution >= 4 is 0 Å². The molecular weight excluding hydrogens is 270 g/mol. The second-order valence-electron chi connectivity index (χ2n) is 5.47. The van der Waals surface area contributed by atoms with E-state index in [1.807, 2.05) is 0 Å². The minimum absolute atomic E-state index is 0.754. The molecule has 2 aromatic carbocycles. The SMILES string of the molecule is CCN(CC)CCOc1ccccc1CCc1ccccc1. The first-order chi connectivity index (χ1) is 10.8. The van der Waals surface area contributed by atoms with Crippen LogP contribution in [0.1, 0.15) is 25.0 Å². The van der Waals surface area contributed by atoms with E-state index in [9.17, 15) is 0 Å². The van der Waals surface area contributed by atoms with Gasteiger partial charge in [-0.3, -0.25) is 0 Å². The highest BCUT2D eigenvalue weighted by atomic mass is 16.5. The molecule has 0 bridgehead atoms. The Morgan fingerprint density at radius 2 is 1.50 bits per heavy atom. The Kier molecular flexibility index (Phi) is 6.98. The summed E-state index contributed by atoms with van der Waals surface area (Å²) in [5.41, 5.74) is 2.67. The molecule has 0 unspecified atom stereocenters. The van der Waals surface area contributed by atoms with Gasteiger partial charge >= 0.3 is 0 Å². The van der Waals surface area contributed by atoms with Gasteiger partial charge in [-0.05, 0) is 43.1 Å². The topological polar surface area (TPSA) is 12.5 Å². The van der Waals surface area contributed by atoms with Crippen LogP contribution in [0.2, 0.25) is 0 Å². The number of hydrogen-bond donors (Lipinski definition) is 0. The zero-order valence-corrected chi connectivity index (χ0v) is 13.8. The van der Waals surface area contributed by atoms with Crippen LogP contribution in [0.3, 0.4) is 0 Å². The second kappa shape index (κ2) is 9.26. The molecule has 118 valence electrons. The first-order valence-electron chi connectivity index (χ1n) is 8.30. The predicted molar refractivity (Wildman–Crippen MR) is 93.6 cm³/mol. The molecule has 0 saturated carbocycles. The Labute approximate surface area is 134 Å². The van der Waals surface area contributed by atoms with Crippen LogP contribution in [0, 0.1) is 0 Å². The molecule has 0 aromatic heterocycles. The summed E-state index contributed by atoms with van der Waals surface area (Å²) >= 11 is 0. The molecule has 0 radical (unpaired) electrons. The fourth-order valence-corrected chi connectivity index (χ4v) is 2.60. The van der Waals surface area contributed by atoms with Crippen LogP contribution >= 0.6 is 0 Å². The number of hydrogen-bond acceptors (Lipinski definition) is 2. The van der Waals surface area contributed by atoms with Crippen molar-refractivity contribution in [2.24, 2.45) is 0 Å². The van der Waals surface area contributed by atoms with Crippen molar-refractivity contribution < 1.29 is 4.74 Å². The first kappa shape index (κ1) is 16.6. The quantitative estimate of drug-likeness (QED) is 0.688. The van der Waals surface area contributed by atoms with Gasteiger partial charge < -0.3 is 9.64 Å². The number of ether oxygens (including phenoxy) is 1. The lowest BCUT2D eigenvalue weighted by molar-refractivity contribution is 0.221. The number of para-hydroxylation sites is 1. The maximum Gasteiger partial charge on any atom is 0.122 e. The van der Waals surface area contributed by atoms with E-state index in [0.717, 1.165) is 44.8 Å². The van der Waals surface area contributed by atoms with Crippen molar-refractivity contribution in [3.8, 4) is 5.75 Å². The maximum absolute atomic E-state index is 6.02. The fourth-order valence-electron chi connectivity index (χ4n) is 2.60. The zero-order valence-electron chi connectivity index (χ0n) is 13.8. The van der Waals surface area contributed by atoms with E-state index < -0.39 is 0 Å². The largest absolute Gasteiger partial charge is 0.492 e. The van der Waals surface area contributed by atoms with Gasteiger partial charge in [0.2, 0.25) is 0 Å². The van der Waals surface area contributed by atoms with E-state index in [4.69, 9.17) is 4.74 Å². The molecule has 0 N–H and O–H groups in total. The fraction of sp³-hybridized carbons (Fsp3) is 0.400. The predicted octanol–water partition coefficient (Wildman–Crippen LogP) is 4.19. The highest BCUT2D eigenvalue weighted by Crippen LogP contribution is 2.20. The molecule has 0 atom stereocenters. The van der Waals surface area contributed by atoms with Crippen molar-refractivity contribution in [1.82, 2.24) is 4.90 Å². The van der Waals surface area contributed by atoms with Gasteiger partial charge in [-0.15, -0.1) is 0 Å². The molecule has 2 aromatic rings. The molecule has 2 heteroatoms. The van der Waals surface area contributed by atoms with Crippen LogP contribution in [0.5, 0.6) is 5.75 Å². The summed E-state index contributed by atoms with van der Waals surface area (Å²) in [7, 11) is 0. The summed E-state index contributed by atoms with van der Waals surface area (Å²) in [5.74, 6) is 1.03. The van der Waals surface area contributed by atoms with Crippen molar-refractivity contribution in [3.05, 3.63) is 65.7 Å². The van der Waals surface area contributed by atoms with Crippen LogP contribution < -0.4 is 4.74 Å². The molecule has 0 aliphatic carbocycles. The third-order valence-corrected chi connectivity index (χ3v) is 4.06. The molecule has 2 nitrogen and oxygen atoms in total. The van der Waals surface area contributed by atoms with Crippen LogP contribution in [0.15, 0.2) is 54.6 Å². The number of rotatable bonds is 9. The Morgan fingerprint density at radius 3 is 2.23 bits per heavy atom. The van der Waals surface area contributed by atoms with E-state index in [2.05, 4.69) is 73.3 Å². The lowest BCUT2D eigenvalue weighted by atomic mass is 10.0. The molecule has 0 saturated heterocycles. The Balaban J connectivity index is 1.89. The summed E-state index contributed by atoms with van der Waals surface area (Å²) in [6.45, 7) is 8.28. The van der Waals surface area contributed by atoms with E-state index in [-0.39, 0.29) is 0 Å². The standard InChI is InChI=1S/C20H27NO/c1-3-21(4-2)16-17-22-20-13-9-8-12-19(20)15-14-18-10-6-5-7-11-18/h5-13H,3-4,14-17H2,1-2H3. The van der Waals surface area contributed by atoms with Gasteiger partial charge in [0.05, 0.1) is 0 Å². The van der Waals surface area contributed by atoms with Crippen molar-refractivity contribution in [1.29, 1.82) is 0 Å². The minimum Gasteiger partial charge on any atom is -0.492 e. The van der Waals surface area contributed by atoms with E-state index >= 15 is 0 Å². The maximum atomic E-state index is 6.02. The van der Waals surface area contributed by atoms with E-state index in [0.29, 0.717) is 0 Å². The molecule has 0 heterocycles. The number of likely N-dealkylation sites (N-methyl/N-ethyl adjacent to an activating group) is 1.